The zero-order chi connectivity index (χ0) is 13.7. The monoisotopic (exact) mass is 301 g/mol. The minimum atomic E-state index is -0.967. The summed E-state index contributed by atoms with van der Waals surface area (Å²) < 4.78 is 9.91. The van der Waals surface area contributed by atoms with Gasteiger partial charge in [-0.2, -0.15) is 0 Å². The van der Waals surface area contributed by atoms with Crippen LogP contribution in [-0.2, 0) is 4.79 Å². The summed E-state index contributed by atoms with van der Waals surface area (Å²) >= 11 is 12.0. The molecule has 0 unspecified atom stereocenters. The highest BCUT2D eigenvalue weighted by molar-refractivity contribution is 6.53. The molecular formula is C13H13Cl2NO3. The molecule has 1 aliphatic carbocycles. The van der Waals surface area contributed by atoms with Crippen LogP contribution in [0.1, 0.15) is 13.3 Å². The van der Waals surface area contributed by atoms with Gasteiger partial charge in [-0.15, -0.1) is 23.2 Å². The molecule has 6 heteroatoms. The van der Waals surface area contributed by atoms with Crippen molar-refractivity contribution in [3.63, 3.8) is 0 Å². The first-order valence-electron chi connectivity index (χ1n) is 6.01. The van der Waals surface area contributed by atoms with Gasteiger partial charge in [-0.05, 0) is 25.5 Å². The maximum Gasteiger partial charge on any atom is 0.233 e. The largest absolute Gasteiger partial charge is 0.486 e. The van der Waals surface area contributed by atoms with E-state index in [2.05, 4.69) is 5.32 Å². The number of halogens is 2. The number of rotatable bonds is 2. The fourth-order valence-corrected chi connectivity index (χ4v) is 2.74. The van der Waals surface area contributed by atoms with E-state index in [1.54, 1.807) is 25.1 Å². The molecule has 0 bridgehead atoms. The number of hydrogen-bond donors (Lipinski definition) is 1. The Kier molecular flexibility index (Phi) is 2.84. The molecule has 4 nitrogen and oxygen atoms in total. The fraction of sp³-hybridized carbons (Fsp3) is 0.462. The van der Waals surface area contributed by atoms with E-state index < -0.39 is 9.75 Å². The molecule has 0 radical (unpaired) electrons. The van der Waals surface area contributed by atoms with Crippen molar-refractivity contribution in [1.82, 2.24) is 0 Å². The van der Waals surface area contributed by atoms with Gasteiger partial charge in [-0.1, -0.05) is 0 Å². The number of hydrogen-bond acceptors (Lipinski definition) is 3. The van der Waals surface area contributed by atoms with Crippen LogP contribution in [0.4, 0.5) is 5.69 Å². The molecule has 102 valence electrons. The summed E-state index contributed by atoms with van der Waals surface area (Å²) in [5.41, 5.74) is -0.0879. The van der Waals surface area contributed by atoms with Crippen molar-refractivity contribution in [3.05, 3.63) is 18.2 Å². The summed E-state index contributed by atoms with van der Waals surface area (Å²) in [5.74, 6) is 1.13. The number of alkyl halides is 2. The van der Waals surface area contributed by atoms with Gasteiger partial charge in [0.2, 0.25) is 5.91 Å². The van der Waals surface area contributed by atoms with Gasteiger partial charge in [0.15, 0.2) is 11.5 Å². The van der Waals surface area contributed by atoms with Crippen LogP contribution in [0, 0.1) is 5.41 Å². The van der Waals surface area contributed by atoms with Gasteiger partial charge >= 0.3 is 0 Å². The number of carbonyl (C=O) groups is 1. The number of anilines is 1. The van der Waals surface area contributed by atoms with E-state index >= 15 is 0 Å². The lowest BCUT2D eigenvalue weighted by atomic mass is 10.1. The maximum atomic E-state index is 12.1. The molecular weight excluding hydrogens is 289 g/mol. The molecule has 1 amide bonds. The highest BCUT2D eigenvalue weighted by atomic mass is 35.5. The average Bonchev–Trinajstić information content (AvgIpc) is 2.90. The molecule has 1 aromatic rings. The van der Waals surface area contributed by atoms with Crippen LogP contribution in [-0.4, -0.2) is 23.5 Å². The van der Waals surface area contributed by atoms with E-state index in [4.69, 9.17) is 32.7 Å². The Hall–Kier alpha value is -1.13. The summed E-state index contributed by atoms with van der Waals surface area (Å²) in [7, 11) is 0. The van der Waals surface area contributed by atoms with Gasteiger partial charge in [-0.25, -0.2) is 0 Å². The van der Waals surface area contributed by atoms with Crippen LogP contribution in [0.5, 0.6) is 11.5 Å². The van der Waals surface area contributed by atoms with Crippen molar-refractivity contribution >= 4 is 34.8 Å². The molecule has 1 atom stereocenters. The Balaban J connectivity index is 1.76. The maximum absolute atomic E-state index is 12.1. The minimum Gasteiger partial charge on any atom is -0.486 e. The molecule has 19 heavy (non-hydrogen) atoms. The van der Waals surface area contributed by atoms with E-state index in [1.807, 2.05) is 0 Å². The van der Waals surface area contributed by atoms with Crippen molar-refractivity contribution in [2.45, 2.75) is 17.7 Å². The van der Waals surface area contributed by atoms with E-state index in [-0.39, 0.29) is 5.91 Å². The average molecular weight is 302 g/mol. The standard InChI is InChI=1S/C13H13Cl2NO3/c1-12(7-13(12,14)15)11(17)16-8-2-3-9-10(6-8)19-5-4-18-9/h2-3,6H,4-5,7H2,1H3,(H,16,17)/t12-/m0/s1. The second kappa shape index (κ2) is 4.18. The molecule has 0 aromatic heterocycles. The van der Waals surface area contributed by atoms with E-state index in [1.165, 1.54) is 0 Å². The number of carbonyl (C=O) groups excluding carboxylic acids is 1. The lowest BCUT2D eigenvalue weighted by molar-refractivity contribution is -0.120. The van der Waals surface area contributed by atoms with E-state index in [0.29, 0.717) is 36.8 Å². The van der Waals surface area contributed by atoms with Crippen molar-refractivity contribution in [3.8, 4) is 11.5 Å². The molecule has 0 saturated heterocycles. The number of fused-ring (bicyclic) bond motifs is 1. The fourth-order valence-electron chi connectivity index (χ4n) is 2.04. The molecule has 0 spiro atoms. The summed E-state index contributed by atoms with van der Waals surface area (Å²) in [6.45, 7) is 2.80. The van der Waals surface area contributed by atoms with Gasteiger partial charge < -0.3 is 14.8 Å². The van der Waals surface area contributed by atoms with Gasteiger partial charge in [-0.3, -0.25) is 4.79 Å². The Morgan fingerprint density at radius 1 is 1.26 bits per heavy atom. The van der Waals surface area contributed by atoms with E-state index in [9.17, 15) is 4.79 Å². The normalized spacial score (nSPS) is 26.7. The van der Waals surface area contributed by atoms with Crippen molar-refractivity contribution in [1.29, 1.82) is 0 Å². The number of amides is 1. The first-order chi connectivity index (χ1) is 8.92. The predicted molar refractivity (Wildman–Crippen MR) is 73.2 cm³/mol. The molecule has 1 aliphatic heterocycles. The molecule has 1 saturated carbocycles. The van der Waals surface area contributed by atoms with Crippen molar-refractivity contribution in [2.24, 2.45) is 5.41 Å². The Morgan fingerprint density at radius 3 is 2.53 bits per heavy atom. The third kappa shape index (κ3) is 2.13. The smallest absolute Gasteiger partial charge is 0.233 e. The van der Waals surface area contributed by atoms with Gasteiger partial charge in [0, 0.05) is 11.8 Å². The third-order valence-corrected chi connectivity index (χ3v) is 4.66. The van der Waals surface area contributed by atoms with Crippen LogP contribution in [0.2, 0.25) is 0 Å². The first kappa shape index (κ1) is 12.9. The zero-order valence-corrected chi connectivity index (χ0v) is 11.8. The highest BCUT2D eigenvalue weighted by Crippen LogP contribution is 2.64. The number of nitrogens with one attached hydrogen (secondary N) is 1. The van der Waals surface area contributed by atoms with Gasteiger partial charge in [0.1, 0.15) is 17.5 Å². The third-order valence-electron chi connectivity index (χ3n) is 3.56. The molecule has 2 aliphatic rings. The number of benzene rings is 1. The summed E-state index contributed by atoms with van der Waals surface area (Å²) in [5, 5.41) is 2.81. The lowest BCUT2D eigenvalue weighted by Gasteiger charge is -2.19. The highest BCUT2D eigenvalue weighted by Gasteiger charge is 2.67. The predicted octanol–water partition coefficient (Wildman–Crippen LogP) is 2.98. The van der Waals surface area contributed by atoms with Crippen LogP contribution in [0.15, 0.2) is 18.2 Å². The van der Waals surface area contributed by atoms with Crippen molar-refractivity contribution in [2.75, 3.05) is 18.5 Å². The van der Waals surface area contributed by atoms with Crippen LogP contribution in [0.25, 0.3) is 0 Å². The van der Waals surface area contributed by atoms with Crippen LogP contribution < -0.4 is 14.8 Å². The van der Waals surface area contributed by atoms with Gasteiger partial charge in [0.05, 0.1) is 5.41 Å². The first-order valence-corrected chi connectivity index (χ1v) is 6.77. The Bertz CT molecular complexity index is 547. The zero-order valence-electron chi connectivity index (χ0n) is 10.3. The Labute approximate surface area is 121 Å². The molecule has 1 N–H and O–H groups in total. The van der Waals surface area contributed by atoms with Crippen molar-refractivity contribution < 1.29 is 14.3 Å². The minimum absolute atomic E-state index is 0.186. The molecule has 1 heterocycles. The lowest BCUT2D eigenvalue weighted by Crippen LogP contribution is -2.26. The topological polar surface area (TPSA) is 47.6 Å². The summed E-state index contributed by atoms with van der Waals surface area (Å²) in [4.78, 5) is 12.1. The Morgan fingerprint density at radius 2 is 1.89 bits per heavy atom. The second-order valence-corrected chi connectivity index (χ2v) is 6.51. The molecule has 1 aromatic carbocycles. The molecule has 3 rings (SSSR count). The molecule has 1 fully saturated rings. The second-order valence-electron chi connectivity index (χ2n) is 5.03. The van der Waals surface area contributed by atoms with Crippen LogP contribution in [0.3, 0.4) is 0 Å². The summed E-state index contributed by atoms with van der Waals surface area (Å²) in [6, 6.07) is 5.28. The van der Waals surface area contributed by atoms with E-state index in [0.717, 1.165) is 0 Å². The van der Waals surface area contributed by atoms with Gasteiger partial charge in [0.25, 0.3) is 0 Å². The number of ether oxygens (including phenoxy) is 2. The summed E-state index contributed by atoms with van der Waals surface area (Å²) in [6.07, 6.45) is 0.458. The quantitative estimate of drug-likeness (QED) is 0.854. The SMILES string of the molecule is C[C@@]1(C(=O)Nc2ccc3c(c2)OCCO3)CC1(Cl)Cl. The van der Waals surface area contributed by atoms with Crippen LogP contribution >= 0.6 is 23.2 Å².